The Balaban J connectivity index is 1.37. The highest BCUT2D eigenvalue weighted by atomic mass is 19.1. The molecule has 0 aromatic heterocycles. The van der Waals surface area contributed by atoms with E-state index in [4.69, 9.17) is 9.47 Å². The number of ether oxygens (including phenoxy) is 2. The highest BCUT2D eigenvalue weighted by Crippen LogP contribution is 2.40. The van der Waals surface area contributed by atoms with Crippen LogP contribution in [0.25, 0.3) is 0 Å². The molecule has 3 atom stereocenters. The molecule has 2 fully saturated rings. The van der Waals surface area contributed by atoms with E-state index in [-0.39, 0.29) is 29.7 Å². The number of rotatable bonds is 6. The van der Waals surface area contributed by atoms with Gasteiger partial charge in [0.2, 0.25) is 0 Å². The summed E-state index contributed by atoms with van der Waals surface area (Å²) in [5.41, 5.74) is 0.942. The number of carbonyl (C=O) groups is 1. The van der Waals surface area contributed by atoms with Crippen LogP contribution in [-0.4, -0.2) is 37.6 Å². The van der Waals surface area contributed by atoms with Gasteiger partial charge in [0.25, 0.3) is 0 Å². The zero-order chi connectivity index (χ0) is 17.2. The lowest BCUT2D eigenvalue weighted by molar-refractivity contribution is -0.153. The fourth-order valence-electron chi connectivity index (χ4n) is 3.33. The number of amides is 2. The lowest BCUT2D eigenvalue weighted by Crippen LogP contribution is -2.40. The molecule has 6 heteroatoms. The van der Waals surface area contributed by atoms with E-state index in [1.54, 1.807) is 6.07 Å². The molecule has 0 radical (unpaired) electrons. The summed E-state index contributed by atoms with van der Waals surface area (Å²) in [6.45, 7) is 5.81. The van der Waals surface area contributed by atoms with E-state index in [0.29, 0.717) is 19.8 Å². The van der Waals surface area contributed by atoms with Crippen LogP contribution in [0, 0.1) is 11.7 Å². The highest BCUT2D eigenvalue weighted by Gasteiger charge is 2.39. The monoisotopic (exact) mass is 336 g/mol. The van der Waals surface area contributed by atoms with Crippen molar-refractivity contribution in [1.29, 1.82) is 0 Å². The molecule has 1 saturated carbocycles. The van der Waals surface area contributed by atoms with Crippen LogP contribution in [0.15, 0.2) is 24.3 Å². The van der Waals surface area contributed by atoms with Gasteiger partial charge >= 0.3 is 6.03 Å². The number of hydrogen-bond acceptors (Lipinski definition) is 3. The number of hydrogen-bond donors (Lipinski definition) is 2. The first-order valence-corrected chi connectivity index (χ1v) is 8.53. The molecule has 132 valence electrons. The van der Waals surface area contributed by atoms with Gasteiger partial charge in [-0.15, -0.1) is 0 Å². The topological polar surface area (TPSA) is 59.6 Å². The summed E-state index contributed by atoms with van der Waals surface area (Å²) >= 11 is 0. The molecule has 3 rings (SSSR count). The fraction of sp³-hybridized carbons (Fsp3) is 0.611. The summed E-state index contributed by atoms with van der Waals surface area (Å²) in [6.07, 6.45) is 1.59. The third-order valence-electron chi connectivity index (χ3n) is 4.61. The van der Waals surface area contributed by atoms with Gasteiger partial charge < -0.3 is 20.1 Å². The quantitative estimate of drug-likeness (QED) is 0.840. The van der Waals surface area contributed by atoms with E-state index in [1.807, 2.05) is 13.0 Å². The minimum absolute atomic E-state index is 0.0844. The van der Waals surface area contributed by atoms with Crippen molar-refractivity contribution in [3.8, 4) is 0 Å². The Labute approximate surface area is 141 Å². The molecule has 1 aliphatic heterocycles. The smallest absolute Gasteiger partial charge is 0.315 e. The van der Waals surface area contributed by atoms with Gasteiger partial charge in [-0.05, 0) is 37.0 Å². The second-order valence-corrected chi connectivity index (χ2v) is 7.00. The van der Waals surface area contributed by atoms with E-state index in [0.717, 1.165) is 18.4 Å². The van der Waals surface area contributed by atoms with Crippen molar-refractivity contribution < 1.29 is 18.7 Å². The molecule has 24 heavy (non-hydrogen) atoms. The minimum atomic E-state index is -0.531. The predicted molar refractivity (Wildman–Crippen MR) is 88.2 cm³/mol. The lowest BCUT2D eigenvalue weighted by Gasteiger charge is -2.26. The number of nitrogens with one attached hydrogen (secondary N) is 2. The van der Waals surface area contributed by atoms with E-state index in [9.17, 15) is 9.18 Å². The predicted octanol–water partition coefficient (Wildman–Crippen LogP) is 2.77. The van der Waals surface area contributed by atoms with Crippen molar-refractivity contribution in [2.75, 3.05) is 19.8 Å². The molecule has 0 bridgehead atoms. The summed E-state index contributed by atoms with van der Waals surface area (Å²) in [6, 6.07) is 6.48. The SMILES string of the molecule is C[C@H](CNC(=O)N[C@H]1C[C@@H]1c1cccc(F)c1)CC1(C)OCCO1. The van der Waals surface area contributed by atoms with Crippen LogP contribution in [0.1, 0.15) is 38.2 Å². The van der Waals surface area contributed by atoms with E-state index >= 15 is 0 Å². The minimum Gasteiger partial charge on any atom is -0.348 e. The molecular formula is C18H25FN2O3. The molecule has 5 nitrogen and oxygen atoms in total. The summed E-state index contributed by atoms with van der Waals surface area (Å²) in [7, 11) is 0. The maximum Gasteiger partial charge on any atom is 0.315 e. The molecule has 0 spiro atoms. The number of benzene rings is 1. The van der Waals surface area contributed by atoms with Crippen molar-refractivity contribution in [2.45, 2.75) is 44.4 Å². The lowest BCUT2D eigenvalue weighted by atomic mass is 10.0. The van der Waals surface area contributed by atoms with Crippen LogP contribution in [0.2, 0.25) is 0 Å². The van der Waals surface area contributed by atoms with Crippen molar-refractivity contribution in [2.24, 2.45) is 5.92 Å². The summed E-state index contributed by atoms with van der Waals surface area (Å²) in [4.78, 5) is 12.0. The number of halogens is 1. The summed E-state index contributed by atoms with van der Waals surface area (Å²) in [5.74, 6) is -0.308. The second kappa shape index (κ2) is 7.07. The first-order chi connectivity index (χ1) is 11.5. The van der Waals surface area contributed by atoms with Crippen molar-refractivity contribution in [3.63, 3.8) is 0 Å². The van der Waals surface area contributed by atoms with Gasteiger partial charge in [-0.2, -0.15) is 0 Å². The standard InChI is InChI=1S/C18H25FN2O3/c1-12(10-18(2)23-6-7-24-18)11-20-17(22)21-16-9-15(16)13-4-3-5-14(19)8-13/h3-5,8,12,15-16H,6-7,9-11H2,1-2H3,(H2,20,21,22)/t12-,15+,16-/m0/s1. The van der Waals surface area contributed by atoms with Gasteiger partial charge in [0.1, 0.15) is 5.82 Å². The van der Waals surface area contributed by atoms with Crippen LogP contribution in [0.4, 0.5) is 9.18 Å². The average molecular weight is 336 g/mol. The first-order valence-electron chi connectivity index (χ1n) is 8.53. The zero-order valence-corrected chi connectivity index (χ0v) is 14.2. The Morgan fingerprint density at radius 3 is 2.88 bits per heavy atom. The Morgan fingerprint density at radius 1 is 1.42 bits per heavy atom. The van der Waals surface area contributed by atoms with Crippen LogP contribution >= 0.6 is 0 Å². The van der Waals surface area contributed by atoms with E-state index in [1.165, 1.54) is 12.1 Å². The molecule has 2 N–H and O–H groups in total. The van der Waals surface area contributed by atoms with Gasteiger partial charge in [-0.25, -0.2) is 9.18 Å². The van der Waals surface area contributed by atoms with Crippen molar-refractivity contribution >= 4 is 6.03 Å². The van der Waals surface area contributed by atoms with Crippen molar-refractivity contribution in [1.82, 2.24) is 10.6 Å². The highest BCUT2D eigenvalue weighted by molar-refractivity contribution is 5.74. The molecular weight excluding hydrogens is 311 g/mol. The largest absolute Gasteiger partial charge is 0.348 e. The van der Waals surface area contributed by atoms with Gasteiger partial charge in [0.05, 0.1) is 13.2 Å². The number of urea groups is 1. The molecule has 1 aromatic carbocycles. The first kappa shape index (κ1) is 17.2. The van der Waals surface area contributed by atoms with Crippen LogP contribution < -0.4 is 10.6 Å². The molecule has 1 aliphatic carbocycles. The maximum atomic E-state index is 13.2. The Kier molecular flexibility index (Phi) is 5.06. The molecule has 0 unspecified atom stereocenters. The van der Waals surface area contributed by atoms with Crippen LogP contribution in [-0.2, 0) is 9.47 Å². The third kappa shape index (κ3) is 4.45. The van der Waals surface area contributed by atoms with Gasteiger partial charge in [-0.1, -0.05) is 19.1 Å². The molecule has 2 amide bonds. The van der Waals surface area contributed by atoms with Crippen LogP contribution in [0.5, 0.6) is 0 Å². The zero-order valence-electron chi connectivity index (χ0n) is 14.2. The van der Waals surface area contributed by atoms with Gasteiger partial charge in [0, 0.05) is 24.9 Å². The van der Waals surface area contributed by atoms with E-state index < -0.39 is 5.79 Å². The molecule has 1 aromatic rings. The van der Waals surface area contributed by atoms with E-state index in [2.05, 4.69) is 17.6 Å². The Hall–Kier alpha value is -1.66. The normalized spacial score (nSPS) is 26.0. The fourth-order valence-corrected chi connectivity index (χ4v) is 3.33. The Morgan fingerprint density at radius 2 is 2.17 bits per heavy atom. The average Bonchev–Trinajstić information content (AvgIpc) is 3.16. The van der Waals surface area contributed by atoms with Gasteiger partial charge in [-0.3, -0.25) is 0 Å². The van der Waals surface area contributed by atoms with Crippen molar-refractivity contribution in [3.05, 3.63) is 35.6 Å². The molecule has 2 aliphatic rings. The summed E-state index contributed by atoms with van der Waals surface area (Å²) < 4.78 is 24.4. The maximum absolute atomic E-state index is 13.2. The second-order valence-electron chi connectivity index (χ2n) is 7.00. The van der Waals surface area contributed by atoms with Gasteiger partial charge in [0.15, 0.2) is 5.79 Å². The molecule has 1 heterocycles. The summed E-state index contributed by atoms with van der Waals surface area (Å²) in [5, 5.41) is 5.84. The Bertz CT molecular complexity index is 589. The van der Waals surface area contributed by atoms with Crippen LogP contribution in [0.3, 0.4) is 0 Å². The number of carbonyl (C=O) groups excluding carboxylic acids is 1. The third-order valence-corrected chi connectivity index (χ3v) is 4.61. The molecule has 1 saturated heterocycles.